The summed E-state index contributed by atoms with van der Waals surface area (Å²) in [5.41, 5.74) is 1.49. The van der Waals surface area contributed by atoms with Crippen LogP contribution in [0, 0.1) is 0 Å². The van der Waals surface area contributed by atoms with Gasteiger partial charge in [0.25, 0.3) is 0 Å². The third-order valence-electron chi connectivity index (χ3n) is 3.33. The zero-order chi connectivity index (χ0) is 19.3. The predicted molar refractivity (Wildman–Crippen MR) is 105 cm³/mol. The van der Waals surface area contributed by atoms with Gasteiger partial charge < -0.3 is 19.8 Å². The second-order valence-electron chi connectivity index (χ2n) is 5.69. The molecule has 0 saturated heterocycles. The molecule has 0 fully saturated rings. The van der Waals surface area contributed by atoms with Gasteiger partial charge >= 0.3 is 5.97 Å². The number of benzene rings is 2. The molecule has 2 N–H and O–H groups in total. The highest BCUT2D eigenvalue weighted by Crippen LogP contribution is 2.39. The van der Waals surface area contributed by atoms with Crippen LogP contribution in [0.2, 0.25) is 0 Å². The van der Waals surface area contributed by atoms with E-state index >= 15 is 0 Å². The van der Waals surface area contributed by atoms with Crippen molar-refractivity contribution in [1.82, 2.24) is 0 Å². The van der Waals surface area contributed by atoms with Crippen molar-refractivity contribution in [2.75, 3.05) is 6.61 Å². The van der Waals surface area contributed by atoms with Crippen LogP contribution in [-0.4, -0.2) is 29.0 Å². The lowest BCUT2D eigenvalue weighted by atomic mass is 10.0. The summed E-state index contributed by atoms with van der Waals surface area (Å²) < 4.78 is 7.28. The number of hydrogen-bond donors (Lipinski definition) is 2. The minimum absolute atomic E-state index is 0.162. The number of halogens is 2. The van der Waals surface area contributed by atoms with E-state index in [0.717, 1.165) is 5.56 Å². The van der Waals surface area contributed by atoms with Gasteiger partial charge in [-0.25, -0.2) is 4.79 Å². The van der Waals surface area contributed by atoms with Crippen LogP contribution in [0.15, 0.2) is 44.4 Å². The smallest absolute Gasteiger partial charge is 0.344 e. The number of carbonyl (C=O) groups is 1. The number of oxime groups is 1. The van der Waals surface area contributed by atoms with E-state index in [1.807, 2.05) is 13.8 Å². The number of phenolic OH excluding ortho intramolecular Hbond substituents is 1. The summed E-state index contributed by atoms with van der Waals surface area (Å²) in [6, 6.07) is 8.62. The van der Waals surface area contributed by atoms with Crippen LogP contribution >= 0.6 is 31.9 Å². The molecule has 0 aliphatic rings. The maximum atomic E-state index is 10.4. The van der Waals surface area contributed by atoms with Crippen molar-refractivity contribution in [3.05, 3.63) is 50.4 Å². The third-order valence-corrected chi connectivity index (χ3v) is 4.50. The highest BCUT2D eigenvalue weighted by molar-refractivity contribution is 9.11. The van der Waals surface area contributed by atoms with E-state index in [0.29, 0.717) is 26.0 Å². The Bertz CT molecular complexity index is 813. The summed E-state index contributed by atoms with van der Waals surface area (Å²) >= 11 is 6.90. The van der Waals surface area contributed by atoms with Gasteiger partial charge in [-0.2, -0.15) is 0 Å². The molecule has 0 atom stereocenters. The van der Waals surface area contributed by atoms with Crippen molar-refractivity contribution in [2.45, 2.75) is 19.8 Å². The van der Waals surface area contributed by atoms with Crippen molar-refractivity contribution < 1.29 is 24.6 Å². The molecular weight excluding hydrogens is 470 g/mol. The number of phenols is 1. The predicted octanol–water partition coefficient (Wildman–Crippen LogP) is 5.27. The maximum Gasteiger partial charge on any atom is 0.344 e. The minimum atomic E-state index is -1.09. The van der Waals surface area contributed by atoms with Crippen LogP contribution in [0.4, 0.5) is 0 Å². The van der Waals surface area contributed by atoms with Gasteiger partial charge in [0.2, 0.25) is 6.61 Å². The van der Waals surface area contributed by atoms with Gasteiger partial charge in [-0.3, -0.25) is 0 Å². The average Bonchev–Trinajstić information content (AvgIpc) is 2.56. The number of aliphatic carboxylic acids is 1. The standard InChI is InChI=1S/C18H17Br2NO5/c1-10(2)13-7-12(3-4-16(13)22)26-18-14(19)5-11(6-15(18)20)8-21-25-9-17(23)24/h3-8,10,22H,9H2,1-2H3,(H,23,24)/b21-8+. The molecule has 0 saturated carbocycles. The first-order chi connectivity index (χ1) is 12.3. The Balaban J connectivity index is 2.21. The highest BCUT2D eigenvalue weighted by Gasteiger charge is 2.12. The monoisotopic (exact) mass is 485 g/mol. The fourth-order valence-corrected chi connectivity index (χ4v) is 3.50. The first kappa shape index (κ1) is 20.3. The third kappa shape index (κ3) is 5.47. The Morgan fingerprint density at radius 1 is 1.23 bits per heavy atom. The molecule has 0 aliphatic heterocycles. The lowest BCUT2D eigenvalue weighted by Crippen LogP contribution is -2.03. The second kappa shape index (κ2) is 9.05. The van der Waals surface area contributed by atoms with Gasteiger partial charge in [-0.05, 0) is 73.7 Å². The van der Waals surface area contributed by atoms with Gasteiger partial charge in [0.15, 0.2) is 5.75 Å². The molecule has 0 unspecified atom stereocenters. The Labute approximate surface area is 167 Å². The Kier molecular flexibility index (Phi) is 7.05. The minimum Gasteiger partial charge on any atom is -0.508 e. The Morgan fingerprint density at radius 3 is 2.46 bits per heavy atom. The molecule has 6 nitrogen and oxygen atoms in total. The van der Waals surface area contributed by atoms with E-state index in [2.05, 4.69) is 41.9 Å². The van der Waals surface area contributed by atoms with Crippen LogP contribution in [-0.2, 0) is 9.63 Å². The molecular formula is C18H17Br2NO5. The number of rotatable bonds is 7. The summed E-state index contributed by atoms with van der Waals surface area (Å²) in [5.74, 6) is 0.462. The number of aromatic hydroxyl groups is 1. The van der Waals surface area contributed by atoms with Gasteiger partial charge in [-0.1, -0.05) is 19.0 Å². The topological polar surface area (TPSA) is 88.4 Å². The molecule has 0 aliphatic carbocycles. The van der Waals surface area contributed by atoms with Gasteiger partial charge in [-0.15, -0.1) is 0 Å². The number of hydrogen-bond acceptors (Lipinski definition) is 5. The first-order valence-electron chi connectivity index (χ1n) is 7.65. The number of ether oxygens (including phenoxy) is 1. The fourth-order valence-electron chi connectivity index (χ4n) is 2.12. The molecule has 138 valence electrons. The van der Waals surface area contributed by atoms with Crippen molar-refractivity contribution in [1.29, 1.82) is 0 Å². The van der Waals surface area contributed by atoms with E-state index in [1.165, 1.54) is 6.21 Å². The molecule has 8 heteroatoms. The van der Waals surface area contributed by atoms with Crippen molar-refractivity contribution in [3.63, 3.8) is 0 Å². The van der Waals surface area contributed by atoms with Crippen LogP contribution in [0.5, 0.6) is 17.2 Å². The van der Waals surface area contributed by atoms with Crippen LogP contribution in [0.25, 0.3) is 0 Å². The maximum absolute atomic E-state index is 10.4. The molecule has 2 aromatic carbocycles. The number of carboxylic acid groups (broad SMARTS) is 1. The van der Waals surface area contributed by atoms with E-state index in [1.54, 1.807) is 30.3 Å². The zero-order valence-corrected chi connectivity index (χ0v) is 17.2. The van der Waals surface area contributed by atoms with Gasteiger partial charge in [0, 0.05) is 5.56 Å². The summed E-state index contributed by atoms with van der Waals surface area (Å²) in [6.45, 7) is 3.48. The fraction of sp³-hybridized carbons (Fsp3) is 0.222. The normalized spacial score (nSPS) is 11.1. The summed E-state index contributed by atoms with van der Waals surface area (Å²) in [6.07, 6.45) is 1.40. The van der Waals surface area contributed by atoms with Crippen LogP contribution in [0.1, 0.15) is 30.9 Å². The van der Waals surface area contributed by atoms with Gasteiger partial charge in [0.1, 0.15) is 11.5 Å². The number of nitrogens with zero attached hydrogens (tertiary/aromatic N) is 1. The second-order valence-corrected chi connectivity index (χ2v) is 7.40. The summed E-state index contributed by atoms with van der Waals surface area (Å²) in [7, 11) is 0. The molecule has 0 bridgehead atoms. The molecule has 0 radical (unpaired) electrons. The quantitative estimate of drug-likeness (QED) is 0.411. The van der Waals surface area contributed by atoms with Crippen molar-refractivity contribution in [2.24, 2.45) is 5.16 Å². The lowest BCUT2D eigenvalue weighted by Gasteiger charge is -2.14. The lowest BCUT2D eigenvalue weighted by molar-refractivity contribution is -0.142. The van der Waals surface area contributed by atoms with Crippen LogP contribution < -0.4 is 4.74 Å². The summed E-state index contributed by atoms with van der Waals surface area (Å²) in [4.78, 5) is 15.0. The first-order valence-corrected chi connectivity index (χ1v) is 9.23. The van der Waals surface area contributed by atoms with E-state index < -0.39 is 12.6 Å². The molecule has 0 spiro atoms. The summed E-state index contributed by atoms with van der Waals surface area (Å²) in [5, 5.41) is 22.0. The Hall–Kier alpha value is -2.06. The van der Waals surface area contributed by atoms with Crippen molar-refractivity contribution >= 4 is 44.0 Å². The average molecular weight is 487 g/mol. The van der Waals surface area contributed by atoms with Gasteiger partial charge in [0.05, 0.1) is 15.2 Å². The Morgan fingerprint density at radius 2 is 1.88 bits per heavy atom. The molecule has 2 aromatic rings. The molecule has 0 aromatic heterocycles. The molecule has 26 heavy (non-hydrogen) atoms. The van der Waals surface area contributed by atoms with E-state index in [4.69, 9.17) is 9.84 Å². The van der Waals surface area contributed by atoms with E-state index in [9.17, 15) is 9.90 Å². The SMILES string of the molecule is CC(C)c1cc(Oc2c(Br)cc(/C=N/OCC(=O)O)cc2Br)ccc1O. The van der Waals surface area contributed by atoms with Crippen molar-refractivity contribution in [3.8, 4) is 17.2 Å². The molecule has 2 rings (SSSR count). The van der Waals surface area contributed by atoms with Crippen LogP contribution in [0.3, 0.4) is 0 Å². The molecule has 0 heterocycles. The molecule has 0 amide bonds. The number of carboxylic acids is 1. The largest absolute Gasteiger partial charge is 0.508 e. The highest BCUT2D eigenvalue weighted by atomic mass is 79.9. The van der Waals surface area contributed by atoms with E-state index in [-0.39, 0.29) is 11.7 Å². The zero-order valence-electron chi connectivity index (χ0n) is 14.1.